The molecule has 0 aromatic heterocycles. The molecule has 0 fully saturated rings. The molecule has 5 heteroatoms. The summed E-state index contributed by atoms with van der Waals surface area (Å²) in [6, 6.07) is 6.69. The van der Waals surface area contributed by atoms with E-state index in [0.29, 0.717) is 11.5 Å². The van der Waals surface area contributed by atoms with Gasteiger partial charge >= 0.3 is 0 Å². The molecule has 0 aliphatic rings. The molecule has 1 rings (SSSR count). The second-order valence-electron chi connectivity index (χ2n) is 2.97. The van der Waals surface area contributed by atoms with E-state index in [4.69, 9.17) is 4.74 Å². The minimum Gasteiger partial charge on any atom is -0.381 e. The first kappa shape index (κ1) is 12.7. The molecule has 0 bridgehead atoms. The zero-order chi connectivity index (χ0) is 11.3. The highest BCUT2D eigenvalue weighted by atomic mass is 79.9. The van der Waals surface area contributed by atoms with Gasteiger partial charge in [-0.05, 0) is 25.1 Å². The molecular formula is C10H13BrO3S. The van der Waals surface area contributed by atoms with Gasteiger partial charge in [-0.1, -0.05) is 22.0 Å². The number of ether oxygens (including phenoxy) is 1. The van der Waals surface area contributed by atoms with Crippen molar-refractivity contribution in [2.24, 2.45) is 0 Å². The Morgan fingerprint density at radius 2 is 2.13 bits per heavy atom. The maximum atomic E-state index is 11.8. The molecule has 0 amide bonds. The average molecular weight is 293 g/mol. The van der Waals surface area contributed by atoms with Crippen LogP contribution in [0.3, 0.4) is 0 Å². The molecule has 3 nitrogen and oxygen atoms in total. The van der Waals surface area contributed by atoms with E-state index in [2.05, 4.69) is 15.9 Å². The van der Waals surface area contributed by atoms with E-state index in [1.54, 1.807) is 24.3 Å². The van der Waals surface area contributed by atoms with Gasteiger partial charge in [-0.15, -0.1) is 0 Å². The molecule has 0 saturated heterocycles. The highest BCUT2D eigenvalue weighted by molar-refractivity contribution is 9.10. The van der Waals surface area contributed by atoms with Crippen molar-refractivity contribution in [1.29, 1.82) is 0 Å². The lowest BCUT2D eigenvalue weighted by Crippen LogP contribution is -2.12. The van der Waals surface area contributed by atoms with E-state index in [9.17, 15) is 8.42 Å². The molecule has 0 radical (unpaired) electrons. The third kappa shape index (κ3) is 3.93. The predicted octanol–water partition coefficient (Wildman–Crippen LogP) is 2.26. The molecule has 0 heterocycles. The van der Waals surface area contributed by atoms with Gasteiger partial charge in [0, 0.05) is 11.1 Å². The van der Waals surface area contributed by atoms with Crippen molar-refractivity contribution in [2.75, 3.05) is 19.0 Å². The van der Waals surface area contributed by atoms with Crippen molar-refractivity contribution in [3.05, 3.63) is 28.7 Å². The summed E-state index contributed by atoms with van der Waals surface area (Å²) in [4.78, 5) is 0.330. The smallest absolute Gasteiger partial charge is 0.180 e. The zero-order valence-electron chi connectivity index (χ0n) is 8.44. The maximum absolute atomic E-state index is 11.8. The van der Waals surface area contributed by atoms with Crippen molar-refractivity contribution in [1.82, 2.24) is 0 Å². The lowest BCUT2D eigenvalue weighted by molar-refractivity contribution is 0.163. The Kier molecular flexibility index (Phi) is 4.76. The first-order valence-corrected chi connectivity index (χ1v) is 7.07. The van der Waals surface area contributed by atoms with Gasteiger partial charge in [-0.25, -0.2) is 8.42 Å². The fourth-order valence-corrected chi connectivity index (χ4v) is 2.81. The second-order valence-corrected chi connectivity index (χ2v) is 6.00. The normalized spacial score (nSPS) is 11.6. The van der Waals surface area contributed by atoms with Crippen LogP contribution in [-0.4, -0.2) is 27.4 Å². The molecule has 0 spiro atoms. The summed E-state index contributed by atoms with van der Waals surface area (Å²) in [7, 11) is -3.21. The summed E-state index contributed by atoms with van der Waals surface area (Å²) >= 11 is 3.24. The Morgan fingerprint density at radius 1 is 1.40 bits per heavy atom. The van der Waals surface area contributed by atoms with Gasteiger partial charge in [0.1, 0.15) is 0 Å². The number of rotatable bonds is 5. The number of sulfone groups is 1. The lowest BCUT2D eigenvalue weighted by Gasteiger charge is -2.04. The van der Waals surface area contributed by atoms with Gasteiger partial charge < -0.3 is 4.74 Å². The summed E-state index contributed by atoms with van der Waals surface area (Å²) in [5.74, 6) is 0.0251. The maximum Gasteiger partial charge on any atom is 0.180 e. The van der Waals surface area contributed by atoms with Crippen LogP contribution in [0.5, 0.6) is 0 Å². The van der Waals surface area contributed by atoms with Crippen molar-refractivity contribution >= 4 is 25.8 Å². The average Bonchev–Trinajstić information content (AvgIpc) is 2.18. The minimum absolute atomic E-state index is 0.0251. The summed E-state index contributed by atoms with van der Waals surface area (Å²) in [5.41, 5.74) is 0. The molecule has 15 heavy (non-hydrogen) atoms. The van der Waals surface area contributed by atoms with Gasteiger partial charge in [0.15, 0.2) is 9.84 Å². The van der Waals surface area contributed by atoms with E-state index in [-0.39, 0.29) is 12.4 Å². The van der Waals surface area contributed by atoms with E-state index >= 15 is 0 Å². The molecule has 0 unspecified atom stereocenters. The topological polar surface area (TPSA) is 43.4 Å². The van der Waals surface area contributed by atoms with Crippen LogP contribution in [0.2, 0.25) is 0 Å². The molecule has 0 aliphatic carbocycles. The van der Waals surface area contributed by atoms with E-state index in [0.717, 1.165) is 4.47 Å². The Balaban J connectivity index is 2.77. The number of benzene rings is 1. The Hall–Kier alpha value is -0.390. The Labute approximate surface area is 98.5 Å². The van der Waals surface area contributed by atoms with Gasteiger partial charge in [0.2, 0.25) is 0 Å². The van der Waals surface area contributed by atoms with E-state index in [1.807, 2.05) is 6.92 Å². The number of hydrogen-bond donors (Lipinski definition) is 0. The summed E-state index contributed by atoms with van der Waals surface area (Å²) in [6.07, 6.45) is 0. The third-order valence-electron chi connectivity index (χ3n) is 1.86. The molecule has 1 aromatic rings. The first-order chi connectivity index (χ1) is 7.06. The molecule has 0 atom stereocenters. The van der Waals surface area contributed by atoms with Crippen LogP contribution in [-0.2, 0) is 14.6 Å². The molecular weight excluding hydrogens is 280 g/mol. The predicted molar refractivity (Wildman–Crippen MR) is 62.7 cm³/mol. The van der Waals surface area contributed by atoms with Crippen LogP contribution in [0.15, 0.2) is 33.6 Å². The van der Waals surface area contributed by atoms with E-state index in [1.165, 1.54) is 0 Å². The largest absolute Gasteiger partial charge is 0.381 e. The first-order valence-electron chi connectivity index (χ1n) is 4.62. The van der Waals surface area contributed by atoms with Gasteiger partial charge in [0.05, 0.1) is 17.3 Å². The van der Waals surface area contributed by atoms with Crippen LogP contribution in [0, 0.1) is 0 Å². The standard InChI is InChI=1S/C10H13BrO3S/c1-2-14-6-7-15(12,13)10-5-3-4-9(11)8-10/h3-5,8H,2,6-7H2,1H3. The fraction of sp³-hybridized carbons (Fsp3) is 0.400. The Bertz CT molecular complexity index is 414. The van der Waals surface area contributed by atoms with Crippen molar-refractivity contribution < 1.29 is 13.2 Å². The number of halogens is 1. The van der Waals surface area contributed by atoms with Gasteiger partial charge in [0.25, 0.3) is 0 Å². The zero-order valence-corrected chi connectivity index (χ0v) is 10.8. The van der Waals surface area contributed by atoms with Crippen molar-refractivity contribution in [3.63, 3.8) is 0 Å². The lowest BCUT2D eigenvalue weighted by atomic mass is 10.4. The van der Waals surface area contributed by atoms with Gasteiger partial charge in [-0.3, -0.25) is 0 Å². The highest BCUT2D eigenvalue weighted by Crippen LogP contribution is 2.17. The van der Waals surface area contributed by atoms with Crippen LogP contribution < -0.4 is 0 Å². The summed E-state index contributed by atoms with van der Waals surface area (Å²) in [6.45, 7) is 2.62. The van der Waals surface area contributed by atoms with Crippen LogP contribution in [0.1, 0.15) is 6.92 Å². The molecule has 84 valence electrons. The minimum atomic E-state index is -3.21. The monoisotopic (exact) mass is 292 g/mol. The van der Waals surface area contributed by atoms with Gasteiger partial charge in [-0.2, -0.15) is 0 Å². The van der Waals surface area contributed by atoms with E-state index < -0.39 is 9.84 Å². The van der Waals surface area contributed by atoms with Crippen molar-refractivity contribution in [3.8, 4) is 0 Å². The molecule has 1 aromatic carbocycles. The van der Waals surface area contributed by atoms with Crippen LogP contribution >= 0.6 is 15.9 Å². The van der Waals surface area contributed by atoms with Crippen LogP contribution in [0.4, 0.5) is 0 Å². The highest BCUT2D eigenvalue weighted by Gasteiger charge is 2.13. The Morgan fingerprint density at radius 3 is 2.73 bits per heavy atom. The summed E-state index contributed by atoms with van der Waals surface area (Å²) < 4.78 is 29.3. The molecule has 0 aliphatic heterocycles. The van der Waals surface area contributed by atoms with Crippen molar-refractivity contribution in [2.45, 2.75) is 11.8 Å². The quantitative estimate of drug-likeness (QED) is 0.782. The fourth-order valence-electron chi connectivity index (χ4n) is 1.09. The summed E-state index contributed by atoms with van der Waals surface area (Å²) in [5, 5.41) is 0. The third-order valence-corrected chi connectivity index (χ3v) is 4.03. The van der Waals surface area contributed by atoms with Crippen LogP contribution in [0.25, 0.3) is 0 Å². The molecule has 0 saturated carbocycles. The SMILES string of the molecule is CCOCCS(=O)(=O)c1cccc(Br)c1. The number of hydrogen-bond acceptors (Lipinski definition) is 3. The molecule has 0 N–H and O–H groups in total. The second kappa shape index (κ2) is 5.63.